The summed E-state index contributed by atoms with van der Waals surface area (Å²) < 4.78 is 37.7. The van der Waals surface area contributed by atoms with Crippen LogP contribution >= 0.6 is 0 Å². The van der Waals surface area contributed by atoms with Crippen molar-refractivity contribution in [3.8, 4) is 0 Å². The third kappa shape index (κ3) is 2.26. The summed E-state index contributed by atoms with van der Waals surface area (Å²) in [5, 5.41) is 0. The van der Waals surface area contributed by atoms with E-state index in [4.69, 9.17) is 0 Å². The van der Waals surface area contributed by atoms with Crippen LogP contribution in [0, 0.1) is 0 Å². The van der Waals surface area contributed by atoms with E-state index < -0.39 is 11.7 Å². The highest BCUT2D eigenvalue weighted by Crippen LogP contribution is 2.54. The normalized spacial score (nSPS) is 21.2. The fourth-order valence-electron chi connectivity index (χ4n) is 2.93. The molecule has 1 fully saturated rings. The maximum atomic E-state index is 12.6. The lowest BCUT2D eigenvalue weighted by Crippen LogP contribution is -2.04. The van der Waals surface area contributed by atoms with E-state index in [-0.39, 0.29) is 11.8 Å². The summed E-state index contributed by atoms with van der Waals surface area (Å²) in [6.45, 7) is 0. The predicted octanol–water partition coefficient (Wildman–Crippen LogP) is 4.85. The first kappa shape index (κ1) is 13.4. The molecule has 4 rings (SSSR count). The van der Waals surface area contributed by atoms with Crippen LogP contribution in [-0.4, -0.2) is 9.97 Å². The number of rotatable bonds is 2. The Bertz CT molecular complexity index is 785. The van der Waals surface area contributed by atoms with Gasteiger partial charge in [0.1, 0.15) is 5.82 Å². The minimum absolute atomic E-state index is 0.253. The highest BCUT2D eigenvalue weighted by Gasteiger charge is 2.42. The summed E-state index contributed by atoms with van der Waals surface area (Å²) in [5.41, 5.74) is 2.27. The zero-order valence-corrected chi connectivity index (χ0v) is 11.6. The molecule has 0 bridgehead atoms. The fraction of sp³-hybridized carbons (Fsp3) is 0.235. The minimum atomic E-state index is -4.28. The minimum Gasteiger partial charge on any atom is -0.342 e. The van der Waals surface area contributed by atoms with Crippen LogP contribution in [0.15, 0.2) is 48.5 Å². The summed E-state index contributed by atoms with van der Waals surface area (Å²) in [4.78, 5) is 7.87. The molecular weight excluding hydrogens is 289 g/mol. The van der Waals surface area contributed by atoms with E-state index in [2.05, 4.69) is 9.97 Å². The van der Waals surface area contributed by atoms with Crippen LogP contribution in [-0.2, 0) is 6.18 Å². The number of nitrogens with one attached hydrogen (secondary N) is 1. The number of imidazole rings is 1. The number of H-pyrrole nitrogens is 1. The number of fused-ring (bicyclic) bond motifs is 1. The summed E-state index contributed by atoms with van der Waals surface area (Å²) >= 11 is 0. The van der Waals surface area contributed by atoms with Crippen molar-refractivity contribution in [3.05, 3.63) is 65.5 Å². The lowest BCUT2D eigenvalue weighted by atomic mass is 10.1. The van der Waals surface area contributed by atoms with Gasteiger partial charge >= 0.3 is 6.18 Å². The number of hydrogen-bond donors (Lipinski definition) is 1. The number of aromatic nitrogens is 2. The van der Waals surface area contributed by atoms with Crippen molar-refractivity contribution in [1.82, 2.24) is 9.97 Å². The number of para-hydroxylation sites is 2. The van der Waals surface area contributed by atoms with Gasteiger partial charge in [-0.2, -0.15) is 13.2 Å². The van der Waals surface area contributed by atoms with Crippen LogP contribution in [0.25, 0.3) is 11.0 Å². The Kier molecular flexibility index (Phi) is 2.79. The van der Waals surface area contributed by atoms with E-state index in [1.807, 2.05) is 24.3 Å². The molecule has 0 saturated heterocycles. The number of benzene rings is 2. The highest BCUT2D eigenvalue weighted by atomic mass is 19.4. The molecule has 5 heteroatoms. The predicted molar refractivity (Wildman–Crippen MR) is 77.6 cm³/mol. The van der Waals surface area contributed by atoms with Gasteiger partial charge in [0.2, 0.25) is 0 Å². The lowest BCUT2D eigenvalue weighted by Gasteiger charge is -2.07. The third-order valence-corrected chi connectivity index (χ3v) is 4.22. The van der Waals surface area contributed by atoms with Gasteiger partial charge in [-0.3, -0.25) is 0 Å². The van der Waals surface area contributed by atoms with E-state index in [9.17, 15) is 13.2 Å². The monoisotopic (exact) mass is 302 g/mol. The lowest BCUT2D eigenvalue weighted by molar-refractivity contribution is -0.137. The van der Waals surface area contributed by atoms with Gasteiger partial charge in [0.05, 0.1) is 16.6 Å². The van der Waals surface area contributed by atoms with Crippen molar-refractivity contribution < 1.29 is 13.2 Å². The Morgan fingerprint density at radius 3 is 2.36 bits per heavy atom. The summed E-state index contributed by atoms with van der Waals surface area (Å²) in [7, 11) is 0. The molecule has 1 N–H and O–H groups in total. The smallest absolute Gasteiger partial charge is 0.342 e. The number of hydrogen-bond acceptors (Lipinski definition) is 1. The molecule has 0 spiro atoms. The molecule has 2 aromatic carbocycles. The van der Waals surface area contributed by atoms with E-state index in [1.54, 1.807) is 12.1 Å². The molecule has 3 aromatic rings. The first-order chi connectivity index (χ1) is 10.5. The molecule has 0 amide bonds. The van der Waals surface area contributed by atoms with Crippen molar-refractivity contribution >= 4 is 11.0 Å². The van der Waals surface area contributed by atoms with Gasteiger partial charge in [-0.15, -0.1) is 0 Å². The molecule has 1 aliphatic carbocycles. The average Bonchev–Trinajstić information content (AvgIpc) is 3.18. The summed E-state index contributed by atoms with van der Waals surface area (Å²) in [6, 6.07) is 13.3. The molecule has 1 heterocycles. The molecule has 22 heavy (non-hydrogen) atoms. The fourth-order valence-corrected chi connectivity index (χ4v) is 2.93. The average molecular weight is 302 g/mol. The van der Waals surface area contributed by atoms with Crippen molar-refractivity contribution in [2.75, 3.05) is 0 Å². The zero-order valence-electron chi connectivity index (χ0n) is 11.6. The molecule has 2 nitrogen and oxygen atoms in total. The quantitative estimate of drug-likeness (QED) is 0.720. The molecule has 0 aliphatic heterocycles. The van der Waals surface area contributed by atoms with E-state index in [1.165, 1.54) is 0 Å². The number of halogens is 3. The molecule has 0 unspecified atom stereocenters. The highest BCUT2D eigenvalue weighted by molar-refractivity contribution is 5.75. The van der Waals surface area contributed by atoms with Gasteiger partial charge in [0.15, 0.2) is 0 Å². The van der Waals surface area contributed by atoms with Crippen LogP contribution in [0.5, 0.6) is 0 Å². The Morgan fingerprint density at radius 2 is 1.68 bits per heavy atom. The number of alkyl halides is 3. The maximum absolute atomic E-state index is 12.6. The molecule has 1 saturated carbocycles. The van der Waals surface area contributed by atoms with Gasteiger partial charge in [0.25, 0.3) is 0 Å². The van der Waals surface area contributed by atoms with E-state index >= 15 is 0 Å². The van der Waals surface area contributed by atoms with Crippen molar-refractivity contribution in [2.45, 2.75) is 24.4 Å². The van der Waals surface area contributed by atoms with Crippen molar-refractivity contribution in [3.63, 3.8) is 0 Å². The molecule has 1 aliphatic rings. The Morgan fingerprint density at radius 1 is 0.955 bits per heavy atom. The number of aromatic amines is 1. The van der Waals surface area contributed by atoms with Gasteiger partial charge < -0.3 is 4.98 Å². The SMILES string of the molecule is FC(F)(F)c1ccc([C@@H]2C[C@H]2c2nc3ccccc3[nH]2)cc1. The Balaban J connectivity index is 1.56. The second-order valence-corrected chi connectivity index (χ2v) is 5.71. The van der Waals surface area contributed by atoms with Crippen molar-refractivity contribution in [2.24, 2.45) is 0 Å². The van der Waals surface area contributed by atoms with Crippen LogP contribution in [0.2, 0.25) is 0 Å². The van der Waals surface area contributed by atoms with Crippen LogP contribution < -0.4 is 0 Å². The topological polar surface area (TPSA) is 28.7 Å². The van der Waals surface area contributed by atoms with Crippen LogP contribution in [0.1, 0.15) is 35.2 Å². The van der Waals surface area contributed by atoms with Gasteiger partial charge in [-0.05, 0) is 42.2 Å². The third-order valence-electron chi connectivity index (χ3n) is 4.22. The summed E-state index contributed by atoms with van der Waals surface area (Å²) in [6.07, 6.45) is -3.36. The summed E-state index contributed by atoms with van der Waals surface area (Å²) in [5.74, 6) is 1.44. The molecule has 112 valence electrons. The second-order valence-electron chi connectivity index (χ2n) is 5.71. The van der Waals surface area contributed by atoms with Gasteiger partial charge in [-0.1, -0.05) is 24.3 Å². The Labute approximate surface area is 125 Å². The van der Waals surface area contributed by atoms with E-state index in [0.29, 0.717) is 0 Å². The van der Waals surface area contributed by atoms with Crippen LogP contribution in [0.3, 0.4) is 0 Å². The first-order valence-electron chi connectivity index (χ1n) is 7.14. The first-order valence-corrected chi connectivity index (χ1v) is 7.14. The maximum Gasteiger partial charge on any atom is 0.416 e. The molecule has 2 atom stereocenters. The van der Waals surface area contributed by atoms with E-state index in [0.717, 1.165) is 41.0 Å². The second kappa shape index (κ2) is 4.60. The van der Waals surface area contributed by atoms with Crippen molar-refractivity contribution in [1.29, 1.82) is 0 Å². The number of nitrogens with zero attached hydrogens (tertiary/aromatic N) is 1. The Hall–Kier alpha value is -2.30. The van der Waals surface area contributed by atoms with Crippen LogP contribution in [0.4, 0.5) is 13.2 Å². The molecular formula is C17H13F3N2. The standard InChI is InChI=1S/C17H13F3N2/c18-17(19,20)11-7-5-10(6-8-11)12-9-13(12)16-21-14-3-1-2-4-15(14)22-16/h1-8,12-13H,9H2,(H,21,22)/t12-,13+/m0/s1. The van der Waals surface area contributed by atoms with Gasteiger partial charge in [-0.25, -0.2) is 4.98 Å². The van der Waals surface area contributed by atoms with Gasteiger partial charge in [0, 0.05) is 5.92 Å². The molecule has 0 radical (unpaired) electrons. The molecule has 1 aromatic heterocycles. The zero-order chi connectivity index (χ0) is 15.3. The largest absolute Gasteiger partial charge is 0.416 e.